The normalized spacial score (nSPS) is 5.76. The molecule has 0 aliphatic heterocycles. The SMILES string of the molecule is O=[N+]([O-])O.O=[N+]([O-])O.O=[N+]([O-])O.O=[N+]([O-])O.O=[N+]([O-])O.O=[N+]([O-])O.[Ce]. The van der Waals surface area contributed by atoms with E-state index in [0.717, 1.165) is 0 Å². The van der Waals surface area contributed by atoms with E-state index in [0.29, 0.717) is 0 Å². The summed E-state index contributed by atoms with van der Waals surface area (Å²) in [6.07, 6.45) is 0. The van der Waals surface area contributed by atoms with E-state index >= 15 is 0 Å². The van der Waals surface area contributed by atoms with E-state index in [1.165, 1.54) is 0 Å². The van der Waals surface area contributed by atoms with Gasteiger partial charge in [-0.2, -0.15) is 0 Å². The van der Waals surface area contributed by atoms with Crippen LogP contribution in [0.1, 0.15) is 0 Å². The van der Waals surface area contributed by atoms with Crippen LogP contribution in [0.5, 0.6) is 0 Å². The molecule has 0 saturated carbocycles. The van der Waals surface area contributed by atoms with Crippen molar-refractivity contribution in [2.45, 2.75) is 0 Å². The first kappa shape index (κ1) is 43.0. The molecule has 0 radical (unpaired) electrons. The Kier molecular flexibility index (Phi) is 63.8. The molecule has 0 bridgehead atoms. The first-order valence-electron chi connectivity index (χ1n) is 3.39. The van der Waals surface area contributed by atoms with Gasteiger partial charge in [0.2, 0.25) is 0 Å². The van der Waals surface area contributed by atoms with Crippen LogP contribution in [-0.4, -0.2) is 61.8 Å². The molecule has 25 heteroatoms. The van der Waals surface area contributed by atoms with Gasteiger partial charge in [-0.15, -0.1) is 60.7 Å². The third-order valence-electron chi connectivity index (χ3n) is 0. The molecule has 24 nitrogen and oxygen atoms in total. The van der Waals surface area contributed by atoms with Gasteiger partial charge < -0.3 is 31.2 Å². The monoisotopic (exact) mass is 518 g/mol. The average molecular weight is 518 g/mol. The minimum absolute atomic E-state index is 0. The molecule has 25 heavy (non-hydrogen) atoms. The summed E-state index contributed by atoms with van der Waals surface area (Å²) in [5.74, 6) is 0. The molecule has 0 saturated heterocycles. The van der Waals surface area contributed by atoms with Crippen LogP contribution in [-0.2, 0) is 0 Å². The molecule has 0 aliphatic carbocycles. The van der Waals surface area contributed by atoms with Gasteiger partial charge in [-0.25, -0.2) is 0 Å². The van der Waals surface area contributed by atoms with Gasteiger partial charge in [0.15, 0.2) is 0 Å². The van der Waals surface area contributed by atoms with Gasteiger partial charge in [0, 0.05) is 41.7 Å². The Labute approximate surface area is 164 Å². The van der Waals surface area contributed by atoms with Crippen LogP contribution in [0.15, 0.2) is 0 Å². The number of rotatable bonds is 0. The van der Waals surface area contributed by atoms with E-state index in [1.54, 1.807) is 0 Å². The fourth-order valence-corrected chi connectivity index (χ4v) is 0. The molecule has 0 fully saturated rings. The Balaban J connectivity index is -0.0000000309. The second-order valence-electron chi connectivity index (χ2n) is 1.43. The fraction of sp³-hybridized carbons (Fsp3) is 0. The molecule has 148 valence electrons. The van der Waals surface area contributed by atoms with Crippen LogP contribution in [0.2, 0.25) is 0 Å². The molecule has 0 heterocycles. The Morgan fingerprint density at radius 3 is 0.360 bits per heavy atom. The van der Waals surface area contributed by atoms with Crippen LogP contribution in [0.4, 0.5) is 0 Å². The summed E-state index contributed by atoms with van der Waals surface area (Å²) < 4.78 is 0. The maximum atomic E-state index is 8.36. The zero-order valence-electron chi connectivity index (χ0n) is 10.8. The van der Waals surface area contributed by atoms with Crippen LogP contribution < -0.4 is 0 Å². The third-order valence-corrected chi connectivity index (χ3v) is 0. The van der Waals surface area contributed by atoms with Crippen molar-refractivity contribution in [3.05, 3.63) is 60.7 Å². The van der Waals surface area contributed by atoms with Crippen molar-refractivity contribution < 1.29 is 104 Å². The predicted molar refractivity (Wildman–Crippen MR) is 52.7 cm³/mol. The summed E-state index contributed by atoms with van der Waals surface area (Å²) in [6, 6.07) is 0. The zero-order chi connectivity index (χ0) is 21.5. The van der Waals surface area contributed by atoms with Gasteiger partial charge in [0.1, 0.15) is 0 Å². The first-order valence-corrected chi connectivity index (χ1v) is 3.39. The van der Waals surface area contributed by atoms with E-state index < -0.39 is 30.5 Å². The molecule has 6 N–H and O–H groups in total. The van der Waals surface area contributed by atoms with Gasteiger partial charge in [-0.1, -0.05) is 0 Å². The minimum atomic E-state index is -1.50. The van der Waals surface area contributed by atoms with Gasteiger partial charge in [-0.05, 0) is 0 Å². The second kappa shape index (κ2) is 37.1. The first-order chi connectivity index (χ1) is 10.4. The predicted octanol–water partition coefficient (Wildman–Crippen LogP) is -2.09. The largest absolute Gasteiger partial charge is 0.328 e. The minimum Gasteiger partial charge on any atom is -0.328 e. The molecule has 0 aromatic heterocycles. The van der Waals surface area contributed by atoms with E-state index in [9.17, 15) is 0 Å². The number of nitrogens with zero attached hydrogens (tertiary/aromatic N) is 6. The van der Waals surface area contributed by atoms with Gasteiger partial charge in [0.25, 0.3) is 30.5 Å². The maximum Gasteiger partial charge on any atom is 0.291 e. The Hall–Kier alpha value is -3.42. The summed E-state index contributed by atoms with van der Waals surface area (Å²) in [6.45, 7) is 0. The topological polar surface area (TPSA) is 380 Å². The Morgan fingerprint density at radius 2 is 0.360 bits per heavy atom. The van der Waals surface area contributed by atoms with Crippen molar-refractivity contribution in [3.8, 4) is 0 Å². The summed E-state index contributed by atoms with van der Waals surface area (Å²) in [7, 11) is 0. The number of hydrogen-bond acceptors (Lipinski definition) is 12. The van der Waals surface area contributed by atoms with E-state index in [2.05, 4.69) is 0 Å². The van der Waals surface area contributed by atoms with E-state index in [-0.39, 0.29) is 41.7 Å². The Bertz CT molecular complexity index is 257. The van der Waals surface area contributed by atoms with Crippen molar-refractivity contribution in [2.75, 3.05) is 0 Å². The van der Waals surface area contributed by atoms with Crippen LogP contribution in [0.25, 0.3) is 0 Å². The molecule has 0 aliphatic rings. The van der Waals surface area contributed by atoms with Crippen LogP contribution in [0, 0.1) is 102 Å². The fourth-order valence-electron chi connectivity index (χ4n) is 0. The summed E-state index contributed by atoms with van der Waals surface area (Å²) in [4.78, 5) is 50.2. The summed E-state index contributed by atoms with van der Waals surface area (Å²) in [5, 5.41) is 81.8. The van der Waals surface area contributed by atoms with Crippen LogP contribution in [0.3, 0.4) is 0 Å². The van der Waals surface area contributed by atoms with Crippen molar-refractivity contribution >= 4 is 0 Å². The molecule has 0 atom stereocenters. The number of hydrogen-bond donors (Lipinski definition) is 6. The van der Waals surface area contributed by atoms with Crippen LogP contribution >= 0.6 is 0 Å². The maximum absolute atomic E-state index is 8.36. The summed E-state index contributed by atoms with van der Waals surface area (Å²) >= 11 is 0. The van der Waals surface area contributed by atoms with Crippen molar-refractivity contribution in [1.82, 2.24) is 0 Å². The van der Waals surface area contributed by atoms with Crippen molar-refractivity contribution in [1.29, 1.82) is 0 Å². The average Bonchev–Trinajstić information content (AvgIpc) is 2.08. The summed E-state index contributed by atoms with van der Waals surface area (Å²) in [5.41, 5.74) is 0. The molecule has 0 aromatic rings. The molecule has 0 amide bonds. The second-order valence-corrected chi connectivity index (χ2v) is 1.43. The van der Waals surface area contributed by atoms with E-state index in [4.69, 9.17) is 91.9 Å². The standard InChI is InChI=1S/Ce.6HNO3/c;6*2-1(3)4/h;6*(H,2,3,4). The molecule has 0 unspecified atom stereocenters. The molecular weight excluding hydrogens is 512 g/mol. The zero-order valence-corrected chi connectivity index (χ0v) is 13.9. The smallest absolute Gasteiger partial charge is 0.291 e. The third kappa shape index (κ3) is 606. The Morgan fingerprint density at radius 1 is 0.360 bits per heavy atom. The quantitative estimate of drug-likeness (QED) is 0.148. The van der Waals surface area contributed by atoms with Gasteiger partial charge in [-0.3, -0.25) is 0 Å². The molecule has 0 aromatic carbocycles. The van der Waals surface area contributed by atoms with Gasteiger partial charge >= 0.3 is 0 Å². The van der Waals surface area contributed by atoms with Gasteiger partial charge in [0.05, 0.1) is 0 Å². The molecular formula is H6CeN6O18. The van der Waals surface area contributed by atoms with Crippen molar-refractivity contribution in [3.63, 3.8) is 0 Å². The van der Waals surface area contributed by atoms with E-state index in [1.807, 2.05) is 0 Å². The van der Waals surface area contributed by atoms with Crippen molar-refractivity contribution in [2.24, 2.45) is 0 Å². The molecule has 0 spiro atoms. The molecule has 0 rings (SSSR count).